The van der Waals surface area contributed by atoms with Gasteiger partial charge in [-0.2, -0.15) is 0 Å². The number of thiocarbonyl (C=S) groups is 1. The second-order valence-electron chi connectivity index (χ2n) is 4.79. The molecule has 1 rings (SSSR count). The molecule has 0 N–H and O–H groups in total. The molecule has 0 aromatic rings. The molecule has 0 aliphatic carbocycles. The Morgan fingerprint density at radius 2 is 1.80 bits per heavy atom. The molecule has 2 atom stereocenters. The van der Waals surface area contributed by atoms with Crippen LogP contribution in [0.4, 0.5) is 0 Å². The van der Waals surface area contributed by atoms with Crippen molar-refractivity contribution in [2.24, 2.45) is 11.8 Å². The number of ketones is 1. The first kappa shape index (κ1) is 12.8. The van der Waals surface area contributed by atoms with Gasteiger partial charge in [-0.25, -0.2) is 0 Å². The van der Waals surface area contributed by atoms with Crippen LogP contribution in [-0.2, 0) is 4.79 Å². The highest BCUT2D eigenvalue weighted by Crippen LogP contribution is 2.24. The van der Waals surface area contributed by atoms with Crippen LogP contribution >= 0.6 is 12.2 Å². The van der Waals surface area contributed by atoms with Crippen molar-refractivity contribution < 1.29 is 4.79 Å². The van der Waals surface area contributed by atoms with E-state index in [9.17, 15) is 4.79 Å². The van der Waals surface area contributed by atoms with Crippen molar-refractivity contribution in [2.75, 3.05) is 13.1 Å². The zero-order valence-electron chi connectivity index (χ0n) is 9.90. The minimum atomic E-state index is 0.0422. The van der Waals surface area contributed by atoms with Crippen molar-refractivity contribution in [3.05, 3.63) is 0 Å². The first-order valence-corrected chi connectivity index (χ1v) is 6.28. The summed E-state index contributed by atoms with van der Waals surface area (Å²) < 4.78 is 0. The van der Waals surface area contributed by atoms with Crippen LogP contribution in [0.2, 0.25) is 0 Å². The molecule has 0 spiro atoms. The van der Waals surface area contributed by atoms with E-state index in [0.29, 0.717) is 12.0 Å². The maximum absolute atomic E-state index is 11.6. The standard InChI is InChI=1S/C12H21NOS/c1-9(2)12(10(3)11(14)8-15)13-6-4-5-7-13/h8-10,12H,4-7H2,1-3H3/t10-,12-/m0/s1. The molecule has 1 aliphatic rings. The minimum Gasteiger partial charge on any atom is -0.299 e. The predicted molar refractivity (Wildman–Crippen MR) is 67.3 cm³/mol. The largest absolute Gasteiger partial charge is 0.299 e. The van der Waals surface area contributed by atoms with Gasteiger partial charge in [0.2, 0.25) is 0 Å². The van der Waals surface area contributed by atoms with E-state index in [0.717, 1.165) is 13.1 Å². The molecule has 15 heavy (non-hydrogen) atoms. The van der Waals surface area contributed by atoms with Crippen molar-refractivity contribution in [2.45, 2.75) is 39.7 Å². The van der Waals surface area contributed by atoms with E-state index in [1.54, 1.807) is 0 Å². The summed E-state index contributed by atoms with van der Waals surface area (Å²) in [5.74, 6) is 0.660. The average molecular weight is 227 g/mol. The van der Waals surface area contributed by atoms with Gasteiger partial charge >= 0.3 is 0 Å². The Labute approximate surface area is 98.0 Å². The molecule has 1 fully saturated rings. The Morgan fingerprint density at radius 1 is 1.27 bits per heavy atom. The van der Waals surface area contributed by atoms with E-state index in [2.05, 4.69) is 18.7 Å². The molecular formula is C12H21NOS. The Kier molecular flexibility index (Phi) is 4.87. The Balaban J connectivity index is 2.72. The van der Waals surface area contributed by atoms with Gasteiger partial charge in [0.05, 0.1) is 0 Å². The molecule has 1 saturated heterocycles. The molecule has 0 bridgehead atoms. The lowest BCUT2D eigenvalue weighted by Gasteiger charge is -2.34. The van der Waals surface area contributed by atoms with Crippen LogP contribution in [0.1, 0.15) is 33.6 Å². The minimum absolute atomic E-state index is 0.0422. The van der Waals surface area contributed by atoms with Gasteiger partial charge in [0, 0.05) is 17.3 Å². The van der Waals surface area contributed by atoms with Crippen LogP contribution in [0.3, 0.4) is 0 Å². The summed E-state index contributed by atoms with van der Waals surface area (Å²) in [6.07, 6.45) is 2.53. The fourth-order valence-corrected chi connectivity index (χ4v) is 2.85. The second kappa shape index (κ2) is 5.71. The molecule has 1 heterocycles. The monoisotopic (exact) mass is 227 g/mol. The van der Waals surface area contributed by atoms with Gasteiger partial charge < -0.3 is 0 Å². The van der Waals surface area contributed by atoms with Gasteiger partial charge in [-0.15, -0.1) is 0 Å². The highest BCUT2D eigenvalue weighted by molar-refractivity contribution is 7.80. The van der Waals surface area contributed by atoms with E-state index in [1.807, 2.05) is 6.92 Å². The summed E-state index contributed by atoms with van der Waals surface area (Å²) in [6.45, 7) is 8.66. The summed E-state index contributed by atoms with van der Waals surface area (Å²) >= 11 is 4.74. The molecule has 1 aliphatic heterocycles. The van der Waals surface area contributed by atoms with Crippen LogP contribution in [0.25, 0.3) is 0 Å². The van der Waals surface area contributed by atoms with Gasteiger partial charge in [-0.1, -0.05) is 33.0 Å². The van der Waals surface area contributed by atoms with E-state index < -0.39 is 0 Å². The topological polar surface area (TPSA) is 20.3 Å². The van der Waals surface area contributed by atoms with Crippen molar-refractivity contribution in [3.8, 4) is 0 Å². The summed E-state index contributed by atoms with van der Waals surface area (Å²) in [4.78, 5) is 14.1. The molecule has 2 nitrogen and oxygen atoms in total. The number of nitrogens with zero attached hydrogens (tertiary/aromatic N) is 1. The van der Waals surface area contributed by atoms with Gasteiger partial charge in [-0.05, 0) is 31.8 Å². The molecule has 3 heteroatoms. The molecule has 0 saturated carbocycles. The van der Waals surface area contributed by atoms with Gasteiger partial charge in [0.1, 0.15) is 0 Å². The summed E-state index contributed by atoms with van der Waals surface area (Å²) in [7, 11) is 0. The van der Waals surface area contributed by atoms with Crippen LogP contribution in [-0.4, -0.2) is 35.2 Å². The SMILES string of the molecule is CC(C)[C@@H]([C@@H](C)C(=O)C=S)N1CCCC1. The zero-order valence-corrected chi connectivity index (χ0v) is 10.7. The van der Waals surface area contributed by atoms with Crippen LogP contribution in [0.5, 0.6) is 0 Å². The summed E-state index contributed by atoms with van der Waals surface area (Å²) in [5, 5.41) is 1.30. The average Bonchev–Trinajstić information content (AvgIpc) is 2.69. The summed E-state index contributed by atoms with van der Waals surface area (Å²) in [6, 6.07) is 0.360. The van der Waals surface area contributed by atoms with Gasteiger partial charge in [0.25, 0.3) is 0 Å². The van der Waals surface area contributed by atoms with Crippen LogP contribution < -0.4 is 0 Å². The highest BCUT2D eigenvalue weighted by atomic mass is 32.1. The third-order valence-corrected chi connectivity index (χ3v) is 3.55. The number of carbonyl (C=O) groups is 1. The Hall–Kier alpha value is -0.280. The third-order valence-electron chi connectivity index (χ3n) is 3.32. The van der Waals surface area contributed by atoms with E-state index in [1.165, 1.54) is 18.2 Å². The maximum Gasteiger partial charge on any atom is 0.170 e. The van der Waals surface area contributed by atoms with E-state index >= 15 is 0 Å². The number of Topliss-reactive ketones (excluding diaryl/α,β-unsaturated/α-hetero) is 1. The highest BCUT2D eigenvalue weighted by Gasteiger charge is 2.31. The lowest BCUT2D eigenvalue weighted by atomic mass is 9.88. The smallest absolute Gasteiger partial charge is 0.170 e. The van der Waals surface area contributed by atoms with E-state index in [-0.39, 0.29) is 11.7 Å². The Bertz CT molecular complexity index is 234. The fourth-order valence-electron chi connectivity index (χ4n) is 2.63. The number of likely N-dealkylation sites (tertiary alicyclic amines) is 1. The van der Waals surface area contributed by atoms with Crippen LogP contribution in [0.15, 0.2) is 0 Å². The first-order chi connectivity index (χ1) is 7.07. The predicted octanol–water partition coefficient (Wildman–Crippen LogP) is 2.31. The number of hydrogen-bond acceptors (Lipinski definition) is 3. The van der Waals surface area contributed by atoms with Crippen LogP contribution in [0, 0.1) is 11.8 Å². The van der Waals surface area contributed by atoms with E-state index in [4.69, 9.17) is 12.2 Å². The normalized spacial score (nSPS) is 21.6. The van der Waals surface area contributed by atoms with Crippen molar-refractivity contribution in [3.63, 3.8) is 0 Å². The molecule has 0 aromatic heterocycles. The second-order valence-corrected chi connectivity index (χ2v) is 5.02. The lowest BCUT2D eigenvalue weighted by molar-refractivity contribution is -0.117. The zero-order chi connectivity index (χ0) is 11.4. The first-order valence-electron chi connectivity index (χ1n) is 5.81. The van der Waals surface area contributed by atoms with Gasteiger partial charge in [-0.3, -0.25) is 9.69 Å². The van der Waals surface area contributed by atoms with Gasteiger partial charge in [0.15, 0.2) is 5.78 Å². The lowest BCUT2D eigenvalue weighted by Crippen LogP contribution is -2.44. The summed E-state index contributed by atoms with van der Waals surface area (Å²) in [5.41, 5.74) is 0. The number of rotatable bonds is 5. The third kappa shape index (κ3) is 3.08. The maximum atomic E-state index is 11.6. The molecule has 0 unspecified atom stereocenters. The molecular weight excluding hydrogens is 206 g/mol. The molecule has 0 radical (unpaired) electrons. The number of hydrogen-bond donors (Lipinski definition) is 0. The fraction of sp³-hybridized carbons (Fsp3) is 0.833. The van der Waals surface area contributed by atoms with Crippen molar-refractivity contribution in [1.29, 1.82) is 0 Å². The molecule has 0 aromatic carbocycles. The number of carbonyl (C=O) groups excluding carboxylic acids is 1. The van der Waals surface area contributed by atoms with Crippen molar-refractivity contribution in [1.82, 2.24) is 4.90 Å². The molecule has 0 amide bonds. The Morgan fingerprint density at radius 3 is 2.20 bits per heavy atom. The quantitative estimate of drug-likeness (QED) is 0.672. The van der Waals surface area contributed by atoms with Crippen molar-refractivity contribution >= 4 is 23.4 Å². The molecule has 86 valence electrons.